The van der Waals surface area contributed by atoms with E-state index in [9.17, 15) is 38.4 Å². The van der Waals surface area contributed by atoms with E-state index in [2.05, 4.69) is 31.9 Å². The summed E-state index contributed by atoms with van der Waals surface area (Å²) < 4.78 is 0. The van der Waals surface area contributed by atoms with E-state index in [4.69, 9.17) is 0 Å². The molecule has 0 saturated carbocycles. The minimum atomic E-state index is -0.444. The molecule has 0 aromatic rings. The van der Waals surface area contributed by atoms with Crippen LogP contribution in [0.2, 0.25) is 0 Å². The summed E-state index contributed by atoms with van der Waals surface area (Å²) in [4.78, 5) is 103. The maximum absolute atomic E-state index is 12.7. The van der Waals surface area contributed by atoms with Crippen LogP contribution in [0.4, 0.5) is 0 Å². The number of unbranched alkanes of at least 4 members (excludes halogenated alkanes) is 2. The number of Topliss-reactive ketones (excluding diaryl/α,β-unsaturated/α-hetero) is 2. The van der Waals surface area contributed by atoms with Crippen molar-refractivity contribution < 1.29 is 38.4 Å². The molecule has 0 aliphatic carbocycles. The highest BCUT2D eigenvalue weighted by Crippen LogP contribution is 2.17. The molecule has 0 aromatic carbocycles. The van der Waals surface area contributed by atoms with Gasteiger partial charge in [0.15, 0.2) is 11.6 Å². The first-order valence-corrected chi connectivity index (χ1v) is 18.8. The lowest BCUT2D eigenvalue weighted by molar-refractivity contribution is -0.140. The number of rotatable bonds is 14. The maximum atomic E-state index is 12.7. The van der Waals surface area contributed by atoms with E-state index >= 15 is 0 Å². The van der Waals surface area contributed by atoms with Crippen LogP contribution in [0, 0.1) is 0 Å². The topological polar surface area (TPSA) is 215 Å². The molecule has 6 amide bonds. The van der Waals surface area contributed by atoms with Gasteiger partial charge in [-0.3, -0.25) is 49.0 Å². The minimum absolute atomic E-state index is 0.00878. The van der Waals surface area contributed by atoms with Crippen LogP contribution in [0.1, 0.15) is 109 Å². The Labute approximate surface area is 299 Å². The van der Waals surface area contributed by atoms with Gasteiger partial charge in [0.25, 0.3) is 0 Å². The van der Waals surface area contributed by atoms with Crippen LogP contribution >= 0.6 is 0 Å². The molecule has 51 heavy (non-hydrogen) atoms. The number of carbonyl (C=O) groups is 8. The summed E-state index contributed by atoms with van der Waals surface area (Å²) in [6.45, 7) is 2.34. The zero-order valence-corrected chi connectivity index (χ0v) is 29.7. The molecule has 4 aliphatic rings. The van der Waals surface area contributed by atoms with Crippen LogP contribution in [0.5, 0.6) is 0 Å². The fourth-order valence-corrected chi connectivity index (χ4v) is 7.02. The van der Waals surface area contributed by atoms with E-state index in [1.165, 1.54) is 0 Å². The van der Waals surface area contributed by atoms with Gasteiger partial charge in [-0.05, 0) is 70.6 Å². The van der Waals surface area contributed by atoms with Crippen molar-refractivity contribution >= 4 is 47.0 Å². The van der Waals surface area contributed by atoms with Crippen molar-refractivity contribution in [3.05, 3.63) is 0 Å². The minimum Gasteiger partial charge on any atom is -0.356 e. The van der Waals surface area contributed by atoms with Crippen LogP contribution in [0.25, 0.3) is 0 Å². The van der Waals surface area contributed by atoms with Crippen molar-refractivity contribution in [3.8, 4) is 0 Å². The Morgan fingerprint density at radius 1 is 0.549 bits per heavy atom. The molecule has 4 bridgehead atoms. The smallest absolute Gasteiger partial charge is 0.240 e. The summed E-state index contributed by atoms with van der Waals surface area (Å²) in [5.41, 5.74) is 0. The Morgan fingerprint density at radius 2 is 0.961 bits per heavy atom. The zero-order chi connectivity index (χ0) is 36.6. The first-order valence-electron chi connectivity index (χ1n) is 18.8. The van der Waals surface area contributed by atoms with Gasteiger partial charge in [-0.25, -0.2) is 0 Å². The number of hydrogen-bond acceptors (Lipinski definition) is 10. The van der Waals surface area contributed by atoms with Crippen LogP contribution < -0.4 is 31.9 Å². The van der Waals surface area contributed by atoms with Crippen molar-refractivity contribution in [2.75, 3.05) is 39.3 Å². The van der Waals surface area contributed by atoms with E-state index in [0.717, 1.165) is 19.3 Å². The Kier molecular flexibility index (Phi) is 16.3. The Bertz CT molecular complexity index is 1180. The number of fused-ring (bicyclic) bond motifs is 4. The molecule has 4 heterocycles. The van der Waals surface area contributed by atoms with E-state index in [0.29, 0.717) is 90.4 Å². The van der Waals surface area contributed by atoms with Crippen LogP contribution in [-0.4, -0.2) is 120 Å². The summed E-state index contributed by atoms with van der Waals surface area (Å²) in [5.74, 6) is -1.22. The van der Waals surface area contributed by atoms with Crippen molar-refractivity contribution in [2.24, 2.45) is 0 Å². The summed E-state index contributed by atoms with van der Waals surface area (Å²) in [7, 11) is 0. The molecule has 0 aromatic heterocycles. The molecule has 4 aliphatic heterocycles. The van der Waals surface area contributed by atoms with E-state index in [1.54, 1.807) is 9.80 Å². The number of ketones is 2. The van der Waals surface area contributed by atoms with Crippen LogP contribution in [-0.2, 0) is 38.4 Å². The number of nitrogens with zero attached hydrogens (tertiary/aromatic N) is 2. The summed E-state index contributed by atoms with van der Waals surface area (Å²) >= 11 is 0. The highest BCUT2D eigenvalue weighted by Gasteiger charge is 2.34. The molecule has 2 unspecified atom stereocenters. The third kappa shape index (κ3) is 14.0. The van der Waals surface area contributed by atoms with Gasteiger partial charge in [0.05, 0.1) is 37.5 Å². The molecule has 4 rings (SSSR count). The standard InChI is InChI=1S/C35H56N8O8/c44-24-8-4-12-28(38-26-10-6-20-42(22-24)34(26)50)40-32(48)16-14-30(46)36-18-2-1-3-19-37-31(47)15-17-33(49)41-29-13-5-9-25(45)23-43-21-7-11-27(39-29)35(43)51/h26-29,38-39H,1-23H2,(H,36,46)(H,37,47)(H,40,48)(H,41,49)/t26-,27-,28?,29?/m1/s1. The van der Waals surface area contributed by atoms with E-state index in [-0.39, 0.29) is 85.8 Å². The molecule has 16 heteroatoms. The van der Waals surface area contributed by atoms with Gasteiger partial charge in [-0.1, -0.05) is 0 Å². The van der Waals surface area contributed by atoms with Gasteiger partial charge in [-0.2, -0.15) is 0 Å². The second kappa shape index (κ2) is 20.8. The second-order valence-corrected chi connectivity index (χ2v) is 14.1. The Morgan fingerprint density at radius 3 is 1.39 bits per heavy atom. The van der Waals surface area contributed by atoms with Crippen molar-refractivity contribution in [1.82, 2.24) is 41.7 Å². The SMILES string of the molecule is O=C1CCCC(NC(=O)CCC(=O)NCCCCCNC(=O)CCC(=O)NC2CCCC(=O)CN3CCC[C@@H](N2)C3=O)N[C@@H]2CCCN(C1)C2=O. The van der Waals surface area contributed by atoms with Gasteiger partial charge >= 0.3 is 0 Å². The second-order valence-electron chi connectivity index (χ2n) is 14.1. The highest BCUT2D eigenvalue weighted by molar-refractivity contribution is 5.90. The fourth-order valence-electron chi connectivity index (χ4n) is 7.02. The average Bonchev–Trinajstić information content (AvgIpc) is 3.08. The van der Waals surface area contributed by atoms with Gasteiger partial charge in [-0.15, -0.1) is 0 Å². The van der Waals surface area contributed by atoms with Crippen molar-refractivity contribution in [3.63, 3.8) is 0 Å². The number of hydrogen-bond donors (Lipinski definition) is 6. The lowest BCUT2D eigenvalue weighted by Crippen LogP contribution is -2.58. The van der Waals surface area contributed by atoms with Crippen LogP contribution in [0.15, 0.2) is 0 Å². The van der Waals surface area contributed by atoms with Gasteiger partial charge < -0.3 is 31.1 Å². The molecule has 284 valence electrons. The molecule has 16 nitrogen and oxygen atoms in total. The lowest BCUT2D eigenvalue weighted by atomic mass is 10.0. The van der Waals surface area contributed by atoms with Gasteiger partial charge in [0.1, 0.15) is 0 Å². The zero-order valence-electron chi connectivity index (χ0n) is 29.7. The predicted octanol–water partition coefficient (Wildman–Crippen LogP) is -0.499. The molecular formula is C35H56N8O8. The number of carbonyl (C=O) groups excluding carboxylic acids is 8. The highest BCUT2D eigenvalue weighted by atomic mass is 16.2. The molecule has 0 spiro atoms. The fraction of sp³-hybridized carbons (Fsp3) is 0.771. The molecule has 4 atom stereocenters. The summed E-state index contributed by atoms with van der Waals surface area (Å²) in [5, 5.41) is 17.9. The summed E-state index contributed by atoms with van der Waals surface area (Å²) in [6.07, 6.45) is 7.21. The molecule has 6 N–H and O–H groups in total. The molecule has 4 fully saturated rings. The average molecular weight is 717 g/mol. The van der Waals surface area contributed by atoms with Crippen molar-refractivity contribution in [2.45, 2.75) is 134 Å². The third-order valence-corrected chi connectivity index (χ3v) is 9.82. The number of amides is 6. The first-order chi connectivity index (χ1) is 24.6. The lowest BCUT2D eigenvalue weighted by Gasteiger charge is -2.35. The monoisotopic (exact) mass is 716 g/mol. The quantitative estimate of drug-likeness (QED) is 0.127. The van der Waals surface area contributed by atoms with Gasteiger partial charge in [0.2, 0.25) is 35.4 Å². The molecular weight excluding hydrogens is 660 g/mol. The third-order valence-electron chi connectivity index (χ3n) is 9.82. The predicted molar refractivity (Wildman–Crippen MR) is 185 cm³/mol. The van der Waals surface area contributed by atoms with Crippen LogP contribution in [0.3, 0.4) is 0 Å². The first kappa shape index (κ1) is 39.9. The van der Waals surface area contributed by atoms with E-state index < -0.39 is 24.4 Å². The molecule has 4 saturated heterocycles. The number of nitrogens with one attached hydrogen (secondary N) is 6. The van der Waals surface area contributed by atoms with Crippen molar-refractivity contribution in [1.29, 1.82) is 0 Å². The normalized spacial score (nSPS) is 24.7. The molecule has 0 radical (unpaired) electrons. The summed E-state index contributed by atoms with van der Waals surface area (Å²) in [6, 6.07) is -0.871. The maximum Gasteiger partial charge on any atom is 0.240 e. The Hall–Kier alpha value is -3.92. The van der Waals surface area contributed by atoms with E-state index in [1.807, 2.05) is 0 Å². The number of piperidine rings is 2. The largest absolute Gasteiger partial charge is 0.356 e. The Balaban J connectivity index is 1.02. The van der Waals surface area contributed by atoms with Gasteiger partial charge in [0, 0.05) is 64.7 Å².